The number of rotatable bonds is 0. The normalized spacial score (nSPS) is 11.8. The molecule has 0 aliphatic carbocycles. The van der Waals surface area contributed by atoms with E-state index in [1.54, 1.807) is 0 Å². The van der Waals surface area contributed by atoms with E-state index >= 15 is 0 Å². The quantitative estimate of drug-likeness (QED) is 0.130. The van der Waals surface area contributed by atoms with Crippen LogP contribution in [0.2, 0.25) is 0 Å². The van der Waals surface area contributed by atoms with Gasteiger partial charge >= 0.3 is 0 Å². The molecule has 0 fully saturated rings. The van der Waals surface area contributed by atoms with Crippen LogP contribution in [0.3, 0.4) is 0 Å². The minimum absolute atomic E-state index is 0. The van der Waals surface area contributed by atoms with Gasteiger partial charge in [0.2, 0.25) is 0 Å². The molecule has 0 atom stereocenters. The molecule has 8 heteroatoms. The Morgan fingerprint density at radius 2 is 0.574 bits per heavy atom. The molecular formula is C39H58Cu2N4O2-10. The third-order valence-electron chi connectivity index (χ3n) is 7.49. The van der Waals surface area contributed by atoms with Gasteiger partial charge in [-0.05, 0) is 10.8 Å². The fraction of sp³-hybridized carbons (Fsp3) is 0.231. The van der Waals surface area contributed by atoms with Gasteiger partial charge in [0, 0.05) is 57.1 Å². The van der Waals surface area contributed by atoms with Gasteiger partial charge in [-0.2, -0.15) is 74.2 Å². The number of hydrogen-bond acceptors (Lipinski definition) is 2. The number of ether oxygens (including phenoxy) is 2. The molecule has 2 aliphatic rings. The van der Waals surface area contributed by atoms with Gasteiger partial charge in [0.25, 0.3) is 0 Å². The Hall–Kier alpha value is -3.16. The van der Waals surface area contributed by atoms with Gasteiger partial charge in [0.15, 0.2) is 0 Å². The van der Waals surface area contributed by atoms with Crippen molar-refractivity contribution in [2.45, 2.75) is 60.8 Å². The molecule has 0 aromatic heterocycles. The van der Waals surface area contributed by atoms with E-state index < -0.39 is 0 Å². The molecule has 6 rings (SSSR count). The minimum Gasteiger partial charge on any atom is -0.693 e. The first kappa shape index (κ1) is 59.3. The first-order chi connectivity index (χ1) is 17.0. The second kappa shape index (κ2) is 21.7. The molecule has 0 saturated carbocycles. The van der Waals surface area contributed by atoms with Crippen LogP contribution in [-0.4, -0.2) is 0 Å². The fourth-order valence-electron chi connectivity index (χ4n) is 5.28. The van der Waals surface area contributed by atoms with E-state index in [-0.39, 0.29) is 107 Å². The third-order valence-corrected chi connectivity index (χ3v) is 7.49. The van der Waals surface area contributed by atoms with Crippen molar-refractivity contribution in [2.75, 3.05) is 0 Å². The smallest absolute Gasteiger partial charge is 0.00917 e. The SMILES string of the molecule is C.C.C.[CH2-]c1cccc2c1Oc1c([CH2-])cccc1C2(C)C.[CH2-]c1cccc2c1Oc1c([CH2-])cccc1C2(C)C.[CH3-].[CH3-].[Cu].[Cu].[NH2-].[NH2-].[NH2-].[NH2-]. The molecule has 0 spiro atoms. The standard InChI is InChI=1S/2C17H16O.3CH4.2CH3.2Cu.4H2N/c2*1-11-7-5-9-13-15(11)18-16-12(2)8-6-10-14(16)17(13,3)4;;;;;;;;;;;/h2*5-10H,1-2H2,3-4H3;3*1H4;2*1H3;;;4*1H2/q2*-2;;;;2*-1;;;4*-1. The van der Waals surface area contributed by atoms with Gasteiger partial charge in [0.05, 0.1) is 0 Å². The summed E-state index contributed by atoms with van der Waals surface area (Å²) in [5, 5.41) is 0. The number of hydrogen-bond donors (Lipinski definition) is 0. The van der Waals surface area contributed by atoms with E-state index in [0.29, 0.717) is 0 Å². The number of fused-ring (bicyclic) bond motifs is 4. The van der Waals surface area contributed by atoms with Crippen LogP contribution in [0.5, 0.6) is 23.0 Å². The van der Waals surface area contributed by atoms with Gasteiger partial charge in [-0.1, -0.05) is 96.5 Å². The molecule has 0 amide bonds. The molecule has 2 radical (unpaired) electrons. The summed E-state index contributed by atoms with van der Waals surface area (Å²) in [7, 11) is 0. The van der Waals surface area contributed by atoms with Crippen LogP contribution >= 0.6 is 0 Å². The van der Waals surface area contributed by atoms with Gasteiger partial charge in [0.1, 0.15) is 0 Å². The number of nitrogens with two attached hydrogens (primary N) is 4. The van der Waals surface area contributed by atoms with E-state index in [4.69, 9.17) is 9.47 Å². The molecule has 4 aromatic rings. The Bertz CT molecular complexity index is 1280. The van der Waals surface area contributed by atoms with E-state index in [9.17, 15) is 0 Å². The van der Waals surface area contributed by atoms with Crippen LogP contribution in [-0.2, 0) is 45.0 Å². The van der Waals surface area contributed by atoms with Gasteiger partial charge in [-0.15, -0.1) is 24.3 Å². The van der Waals surface area contributed by atoms with Crippen molar-refractivity contribution >= 4 is 0 Å². The van der Waals surface area contributed by atoms with Crippen LogP contribution in [0.4, 0.5) is 0 Å². The summed E-state index contributed by atoms with van der Waals surface area (Å²) in [6.45, 7) is 25.1. The molecule has 47 heavy (non-hydrogen) atoms. The molecule has 0 unspecified atom stereocenters. The third kappa shape index (κ3) is 9.93. The largest absolute Gasteiger partial charge is 0.693 e. The Labute approximate surface area is 310 Å². The van der Waals surface area contributed by atoms with Crippen molar-refractivity contribution in [1.29, 1.82) is 0 Å². The zero-order chi connectivity index (χ0) is 25.8. The van der Waals surface area contributed by atoms with E-state index in [2.05, 4.69) is 79.7 Å². The fourth-order valence-corrected chi connectivity index (χ4v) is 5.28. The summed E-state index contributed by atoms with van der Waals surface area (Å²) in [4.78, 5) is 0. The molecule has 0 saturated heterocycles. The second-order valence-electron chi connectivity index (χ2n) is 10.6. The molecule has 8 N–H and O–H groups in total. The van der Waals surface area contributed by atoms with Gasteiger partial charge < -0.3 is 48.9 Å². The van der Waals surface area contributed by atoms with Crippen LogP contribution in [0.25, 0.3) is 24.6 Å². The minimum atomic E-state index is -0.0791. The maximum absolute atomic E-state index is 6.05. The van der Waals surface area contributed by atoms with Crippen LogP contribution in [0.1, 0.15) is 94.5 Å². The van der Waals surface area contributed by atoms with Crippen molar-refractivity contribution in [3.63, 3.8) is 0 Å². The average molecular weight is 742 g/mol. The molecule has 0 bridgehead atoms. The van der Waals surface area contributed by atoms with Crippen molar-refractivity contribution in [2.24, 2.45) is 0 Å². The molecular weight excluding hydrogens is 684 g/mol. The monoisotopic (exact) mass is 740 g/mol. The zero-order valence-electron chi connectivity index (χ0n) is 26.5. The Morgan fingerprint density at radius 1 is 0.404 bits per heavy atom. The average Bonchev–Trinajstić information content (AvgIpc) is 2.83. The number of para-hydroxylation sites is 4. The summed E-state index contributed by atoms with van der Waals surface area (Å²) in [5.74, 6) is 3.52. The van der Waals surface area contributed by atoms with Crippen molar-refractivity contribution < 1.29 is 43.6 Å². The molecule has 2 heterocycles. The summed E-state index contributed by atoms with van der Waals surface area (Å²) in [5.41, 5.74) is 8.30. The van der Waals surface area contributed by atoms with Crippen LogP contribution in [0, 0.1) is 42.5 Å². The van der Waals surface area contributed by atoms with Gasteiger partial charge in [-0.3, -0.25) is 0 Å². The zero-order valence-corrected chi connectivity index (χ0v) is 28.4. The van der Waals surface area contributed by atoms with Crippen molar-refractivity contribution in [3.8, 4) is 23.0 Å². The first-order valence-electron chi connectivity index (χ1n) is 12.2. The van der Waals surface area contributed by atoms with E-state index in [1.165, 1.54) is 22.3 Å². The predicted octanol–water partition coefficient (Wildman–Crippen LogP) is 14.6. The summed E-state index contributed by atoms with van der Waals surface area (Å²) in [6, 6.07) is 24.5. The van der Waals surface area contributed by atoms with E-state index in [1.807, 2.05) is 48.5 Å². The molecule has 2 aliphatic heterocycles. The maximum atomic E-state index is 6.05. The Balaban J connectivity index is -0.000000110. The van der Waals surface area contributed by atoms with Crippen LogP contribution < -0.4 is 9.47 Å². The number of benzene rings is 4. The molecule has 4 aromatic carbocycles. The second-order valence-corrected chi connectivity index (χ2v) is 10.6. The summed E-state index contributed by atoms with van der Waals surface area (Å²) < 4.78 is 12.1. The molecule has 278 valence electrons. The van der Waals surface area contributed by atoms with Crippen LogP contribution in [0.15, 0.2) is 72.8 Å². The topological polar surface area (TPSA) is 152 Å². The first-order valence-corrected chi connectivity index (χ1v) is 12.2. The Kier molecular flexibility index (Phi) is 27.3. The van der Waals surface area contributed by atoms with Crippen molar-refractivity contribution in [1.82, 2.24) is 0 Å². The Morgan fingerprint density at radius 3 is 0.745 bits per heavy atom. The van der Waals surface area contributed by atoms with Gasteiger partial charge in [-0.25, -0.2) is 0 Å². The van der Waals surface area contributed by atoms with E-state index in [0.717, 1.165) is 45.3 Å². The summed E-state index contributed by atoms with van der Waals surface area (Å²) in [6.07, 6.45) is 0. The predicted molar refractivity (Wildman–Crippen MR) is 202 cm³/mol. The van der Waals surface area contributed by atoms with Crippen molar-refractivity contribution in [3.05, 3.63) is 184 Å². The molecule has 6 nitrogen and oxygen atoms in total. The summed E-state index contributed by atoms with van der Waals surface area (Å²) >= 11 is 0. The maximum Gasteiger partial charge on any atom is 0.00917 e.